The van der Waals surface area contributed by atoms with E-state index in [2.05, 4.69) is 14.9 Å². The van der Waals surface area contributed by atoms with E-state index in [0.29, 0.717) is 36.6 Å². The van der Waals surface area contributed by atoms with Gasteiger partial charge in [0.1, 0.15) is 16.9 Å². The summed E-state index contributed by atoms with van der Waals surface area (Å²) in [6.45, 7) is 2.83. The average Bonchev–Trinajstić information content (AvgIpc) is 3.49. The zero-order valence-electron chi connectivity index (χ0n) is 17.5. The van der Waals surface area contributed by atoms with Crippen molar-refractivity contribution in [2.45, 2.75) is 30.7 Å². The van der Waals surface area contributed by atoms with Crippen LogP contribution in [-0.4, -0.2) is 43.7 Å². The van der Waals surface area contributed by atoms with Gasteiger partial charge in [0.2, 0.25) is 11.0 Å². The van der Waals surface area contributed by atoms with Crippen molar-refractivity contribution in [1.82, 2.24) is 10.2 Å². The Morgan fingerprint density at radius 3 is 2.64 bits per heavy atom. The maximum Gasteiger partial charge on any atom is 0.263 e. The summed E-state index contributed by atoms with van der Waals surface area (Å²) in [5.74, 6) is -0.538. The van der Waals surface area contributed by atoms with Gasteiger partial charge >= 0.3 is 0 Å². The Labute approximate surface area is 202 Å². The Balaban J connectivity index is 0.00000171. The van der Waals surface area contributed by atoms with Crippen LogP contribution in [0.3, 0.4) is 0 Å². The topological polar surface area (TPSA) is 95.5 Å². The molecule has 2 aromatic carbocycles. The highest BCUT2D eigenvalue weighted by Gasteiger charge is 2.39. The number of nitrogens with zero attached hydrogens (tertiary/aromatic N) is 4. The fourth-order valence-electron chi connectivity index (χ4n) is 4.29. The van der Waals surface area contributed by atoms with Crippen LogP contribution in [0.4, 0.5) is 20.9 Å². The number of nitrogens with one attached hydrogen (secondary N) is 1. The molecule has 33 heavy (non-hydrogen) atoms. The lowest BCUT2D eigenvalue weighted by molar-refractivity contribution is -0.118. The SMILES string of the molecule is Cc1nnc(NS(=O)(=O)c2ccc(N3CC[C@H](N4CCc5c4ccc(F)c5Cl)C3=O)cc2)s1.[HH].[HH]. The van der Waals surface area contributed by atoms with E-state index in [4.69, 9.17) is 11.6 Å². The number of fused-ring (bicyclic) bond motifs is 1. The van der Waals surface area contributed by atoms with Crippen molar-refractivity contribution in [1.29, 1.82) is 0 Å². The number of rotatable bonds is 5. The molecule has 1 atom stereocenters. The minimum absolute atomic E-state index is 0. The molecule has 0 radical (unpaired) electrons. The molecule has 2 aliphatic heterocycles. The van der Waals surface area contributed by atoms with Crippen LogP contribution < -0.4 is 14.5 Å². The molecule has 3 heterocycles. The van der Waals surface area contributed by atoms with Gasteiger partial charge in [-0.1, -0.05) is 22.9 Å². The third-order valence-corrected chi connectivity index (χ3v) is 8.49. The van der Waals surface area contributed by atoms with E-state index in [9.17, 15) is 17.6 Å². The summed E-state index contributed by atoms with van der Waals surface area (Å²) >= 11 is 7.26. The lowest BCUT2D eigenvalue weighted by atomic mass is 10.1. The van der Waals surface area contributed by atoms with E-state index in [1.165, 1.54) is 18.2 Å². The van der Waals surface area contributed by atoms with Gasteiger partial charge < -0.3 is 9.80 Å². The van der Waals surface area contributed by atoms with Crippen molar-refractivity contribution in [2.75, 3.05) is 27.6 Å². The van der Waals surface area contributed by atoms with E-state index >= 15 is 0 Å². The monoisotopic (exact) mass is 511 g/mol. The Kier molecular flexibility index (Phi) is 5.50. The van der Waals surface area contributed by atoms with Crippen molar-refractivity contribution >= 4 is 55.4 Å². The molecular weight excluding hydrogens is 489 g/mol. The number of carbonyl (C=O) groups excluding carboxylic acids is 1. The first kappa shape index (κ1) is 22.1. The molecule has 2 aliphatic rings. The standard InChI is InChI=1S/C21H19ClFN5O3S2.2H2/c1-12-24-25-21(32-12)26-33(30,31)14-4-2-13(3-5-14)27-11-9-18(20(27)29)28-10-8-15-17(28)7-6-16(23)19(15)22;;/h2-7,18H,8-11H2,1H3,(H,25,26);2*1H/t18-;;/m0../s1. The fraction of sp³-hybridized carbons (Fsp3) is 0.286. The number of carbonyl (C=O) groups is 1. The molecule has 8 nitrogen and oxygen atoms in total. The maximum atomic E-state index is 13.8. The van der Waals surface area contributed by atoms with E-state index < -0.39 is 15.8 Å². The zero-order chi connectivity index (χ0) is 23.3. The molecule has 176 valence electrons. The highest BCUT2D eigenvalue weighted by molar-refractivity contribution is 7.93. The van der Waals surface area contributed by atoms with Crippen LogP contribution in [0.5, 0.6) is 0 Å². The molecule has 1 N–H and O–H groups in total. The molecular formula is C21H23ClFN5O3S2. The van der Waals surface area contributed by atoms with Crippen molar-refractivity contribution in [3.63, 3.8) is 0 Å². The molecule has 0 spiro atoms. The number of aromatic nitrogens is 2. The normalized spacial score (nSPS) is 18.2. The van der Waals surface area contributed by atoms with Crippen LogP contribution in [0.1, 0.15) is 19.8 Å². The van der Waals surface area contributed by atoms with Crippen LogP contribution >= 0.6 is 22.9 Å². The van der Waals surface area contributed by atoms with Gasteiger partial charge in [-0.25, -0.2) is 12.8 Å². The second-order valence-corrected chi connectivity index (χ2v) is 11.1. The Morgan fingerprint density at radius 2 is 1.94 bits per heavy atom. The minimum atomic E-state index is -3.82. The van der Waals surface area contributed by atoms with Gasteiger partial charge in [0.05, 0.1) is 9.92 Å². The first-order valence-corrected chi connectivity index (χ1v) is 12.9. The Bertz CT molecular complexity index is 1360. The van der Waals surface area contributed by atoms with E-state index in [1.807, 2.05) is 4.90 Å². The quantitative estimate of drug-likeness (QED) is 0.554. The lowest BCUT2D eigenvalue weighted by Crippen LogP contribution is -2.41. The molecule has 0 bridgehead atoms. The van der Waals surface area contributed by atoms with Crippen molar-refractivity contribution in [3.8, 4) is 0 Å². The highest BCUT2D eigenvalue weighted by Crippen LogP contribution is 2.38. The van der Waals surface area contributed by atoms with Crippen molar-refractivity contribution in [3.05, 3.63) is 57.8 Å². The van der Waals surface area contributed by atoms with Crippen LogP contribution in [0.25, 0.3) is 0 Å². The Hall–Kier alpha value is -2.76. The van der Waals surface area contributed by atoms with Crippen molar-refractivity contribution in [2.24, 2.45) is 0 Å². The number of aryl methyl sites for hydroxylation is 1. The minimum Gasteiger partial charge on any atom is -0.359 e. The molecule has 1 fully saturated rings. The number of hydrogen-bond acceptors (Lipinski definition) is 7. The van der Waals surface area contributed by atoms with Crippen LogP contribution in [0, 0.1) is 12.7 Å². The zero-order valence-corrected chi connectivity index (χ0v) is 19.8. The second-order valence-electron chi connectivity index (χ2n) is 7.82. The van der Waals surface area contributed by atoms with Gasteiger partial charge in [0.25, 0.3) is 10.0 Å². The summed E-state index contributed by atoms with van der Waals surface area (Å²) in [4.78, 5) is 16.9. The van der Waals surface area contributed by atoms with Gasteiger partial charge in [-0.3, -0.25) is 9.52 Å². The molecule has 0 unspecified atom stereocenters. The van der Waals surface area contributed by atoms with Crippen LogP contribution in [0.2, 0.25) is 5.02 Å². The molecule has 12 heteroatoms. The Morgan fingerprint density at radius 1 is 1.18 bits per heavy atom. The van der Waals surface area contributed by atoms with E-state index in [-0.39, 0.29) is 29.9 Å². The maximum absolute atomic E-state index is 13.8. The number of amides is 1. The summed E-state index contributed by atoms with van der Waals surface area (Å²) < 4.78 is 41.4. The summed E-state index contributed by atoms with van der Waals surface area (Å²) in [7, 11) is -3.82. The molecule has 3 aromatic rings. The van der Waals surface area contributed by atoms with Gasteiger partial charge in [-0.05, 0) is 61.7 Å². The fourth-order valence-corrected chi connectivity index (χ4v) is 6.37. The molecule has 0 saturated carbocycles. The van der Waals surface area contributed by atoms with E-state index in [1.54, 1.807) is 30.0 Å². The van der Waals surface area contributed by atoms with Crippen LogP contribution in [-0.2, 0) is 21.2 Å². The third-order valence-electron chi connectivity index (χ3n) is 5.84. The lowest BCUT2D eigenvalue weighted by Gasteiger charge is -2.26. The molecule has 1 amide bonds. The van der Waals surface area contributed by atoms with Gasteiger partial charge in [0.15, 0.2) is 0 Å². The predicted molar refractivity (Wildman–Crippen MR) is 129 cm³/mol. The summed E-state index contributed by atoms with van der Waals surface area (Å²) in [5, 5.41) is 8.54. The summed E-state index contributed by atoms with van der Waals surface area (Å²) in [6, 6.07) is 8.77. The van der Waals surface area contributed by atoms with Gasteiger partial charge in [0, 0.05) is 27.3 Å². The van der Waals surface area contributed by atoms with E-state index in [0.717, 1.165) is 22.6 Å². The number of sulfonamides is 1. The molecule has 5 rings (SSSR count). The van der Waals surface area contributed by atoms with Gasteiger partial charge in [-0.2, -0.15) is 0 Å². The third kappa shape index (κ3) is 3.94. The smallest absolute Gasteiger partial charge is 0.263 e. The first-order chi connectivity index (χ1) is 15.7. The predicted octanol–water partition coefficient (Wildman–Crippen LogP) is 4.10. The van der Waals surface area contributed by atoms with Gasteiger partial charge in [-0.15, -0.1) is 10.2 Å². The van der Waals surface area contributed by atoms with Crippen molar-refractivity contribution < 1.29 is 20.5 Å². The molecule has 0 aliphatic carbocycles. The highest BCUT2D eigenvalue weighted by atomic mass is 35.5. The number of anilines is 3. The van der Waals surface area contributed by atoms with Crippen LogP contribution in [0.15, 0.2) is 41.3 Å². The largest absolute Gasteiger partial charge is 0.359 e. The summed E-state index contributed by atoms with van der Waals surface area (Å²) in [6.07, 6.45) is 1.19. The number of halogens is 2. The summed E-state index contributed by atoms with van der Waals surface area (Å²) in [5.41, 5.74) is 2.14. The first-order valence-electron chi connectivity index (χ1n) is 10.2. The second kappa shape index (κ2) is 8.23. The average molecular weight is 512 g/mol. The number of hydrogen-bond donors (Lipinski definition) is 1. The number of benzene rings is 2. The molecule has 1 aromatic heterocycles. The molecule has 1 saturated heterocycles.